The predicted molar refractivity (Wildman–Crippen MR) is 104 cm³/mol. The molecule has 4 rings (SSSR count). The fourth-order valence-electron chi connectivity index (χ4n) is 3.69. The lowest BCUT2D eigenvalue weighted by Crippen LogP contribution is -2.51. The molecule has 0 N–H and O–H groups in total. The first-order chi connectivity index (χ1) is 12.6. The van der Waals surface area contributed by atoms with Crippen LogP contribution < -0.4 is 4.90 Å². The summed E-state index contributed by atoms with van der Waals surface area (Å²) < 4.78 is 0. The number of carbonyl (C=O) groups excluding carboxylic acids is 2. The molecule has 0 aliphatic carbocycles. The van der Waals surface area contributed by atoms with Crippen LogP contribution >= 0.6 is 11.3 Å². The SMILES string of the molecule is Cc1ccc(C(=O)N2CCN(CC(=O)N3CCc4ccccc43)CC2)s1. The molecule has 1 aromatic heterocycles. The summed E-state index contributed by atoms with van der Waals surface area (Å²) in [6.45, 7) is 6.07. The molecule has 26 heavy (non-hydrogen) atoms. The molecule has 0 radical (unpaired) electrons. The van der Waals surface area contributed by atoms with Crippen LogP contribution in [0.2, 0.25) is 0 Å². The van der Waals surface area contributed by atoms with Crippen molar-refractivity contribution in [3.8, 4) is 0 Å². The van der Waals surface area contributed by atoms with Crippen molar-refractivity contribution < 1.29 is 9.59 Å². The Hall–Kier alpha value is -2.18. The molecule has 0 unspecified atom stereocenters. The smallest absolute Gasteiger partial charge is 0.264 e. The minimum atomic E-state index is 0.113. The molecule has 0 spiro atoms. The summed E-state index contributed by atoms with van der Waals surface area (Å²) >= 11 is 1.55. The van der Waals surface area contributed by atoms with Crippen LogP contribution in [0.25, 0.3) is 0 Å². The number of thiophene rings is 1. The molecular weight excluding hydrogens is 346 g/mol. The number of para-hydroxylation sites is 1. The van der Waals surface area contributed by atoms with E-state index in [2.05, 4.69) is 11.0 Å². The Kier molecular flexibility index (Phi) is 4.78. The van der Waals surface area contributed by atoms with Crippen LogP contribution in [0, 0.1) is 6.92 Å². The number of rotatable bonds is 3. The quantitative estimate of drug-likeness (QED) is 0.835. The average molecular weight is 369 g/mol. The summed E-state index contributed by atoms with van der Waals surface area (Å²) in [7, 11) is 0. The number of aryl methyl sites for hydroxylation is 1. The molecule has 5 nitrogen and oxygen atoms in total. The van der Waals surface area contributed by atoms with Crippen molar-refractivity contribution in [3.63, 3.8) is 0 Å². The van der Waals surface area contributed by atoms with Crippen LogP contribution in [0.1, 0.15) is 20.1 Å². The zero-order chi connectivity index (χ0) is 18.1. The Morgan fingerprint density at radius 3 is 2.50 bits per heavy atom. The highest BCUT2D eigenvalue weighted by Gasteiger charge is 2.28. The lowest BCUT2D eigenvalue weighted by Gasteiger charge is -2.34. The van der Waals surface area contributed by atoms with E-state index in [-0.39, 0.29) is 11.8 Å². The van der Waals surface area contributed by atoms with E-state index in [4.69, 9.17) is 0 Å². The van der Waals surface area contributed by atoms with Gasteiger partial charge < -0.3 is 9.80 Å². The van der Waals surface area contributed by atoms with E-state index in [0.717, 1.165) is 41.5 Å². The largest absolute Gasteiger partial charge is 0.335 e. The van der Waals surface area contributed by atoms with Gasteiger partial charge in [-0.1, -0.05) is 18.2 Å². The molecule has 1 aromatic carbocycles. The number of nitrogens with zero attached hydrogens (tertiary/aromatic N) is 3. The highest BCUT2D eigenvalue weighted by atomic mass is 32.1. The maximum atomic E-state index is 12.7. The molecule has 1 saturated heterocycles. The van der Waals surface area contributed by atoms with Crippen LogP contribution in [0.4, 0.5) is 5.69 Å². The molecule has 2 amide bonds. The number of amides is 2. The Balaban J connectivity index is 1.32. The molecule has 0 bridgehead atoms. The maximum Gasteiger partial charge on any atom is 0.264 e. The summed E-state index contributed by atoms with van der Waals surface area (Å²) in [5.41, 5.74) is 2.31. The molecule has 6 heteroatoms. The number of piperazine rings is 1. The first kappa shape index (κ1) is 17.2. The van der Waals surface area contributed by atoms with Crippen molar-refractivity contribution in [2.45, 2.75) is 13.3 Å². The summed E-state index contributed by atoms with van der Waals surface area (Å²) in [6, 6.07) is 12.0. The molecule has 3 heterocycles. The fourth-order valence-corrected chi connectivity index (χ4v) is 4.52. The normalized spacial score (nSPS) is 17.4. The Morgan fingerprint density at radius 1 is 1.00 bits per heavy atom. The second-order valence-electron chi connectivity index (χ2n) is 6.90. The van der Waals surface area contributed by atoms with Crippen LogP contribution in [-0.4, -0.2) is 60.9 Å². The van der Waals surface area contributed by atoms with Crippen molar-refractivity contribution in [2.24, 2.45) is 0 Å². The lowest BCUT2D eigenvalue weighted by atomic mass is 10.2. The number of carbonyl (C=O) groups is 2. The van der Waals surface area contributed by atoms with E-state index in [1.165, 1.54) is 5.56 Å². The van der Waals surface area contributed by atoms with Gasteiger partial charge in [0, 0.05) is 43.3 Å². The number of fused-ring (bicyclic) bond motifs is 1. The fraction of sp³-hybridized carbons (Fsp3) is 0.400. The lowest BCUT2D eigenvalue weighted by molar-refractivity contribution is -0.120. The predicted octanol–water partition coefficient (Wildman–Crippen LogP) is 2.40. The summed E-state index contributed by atoms with van der Waals surface area (Å²) in [5.74, 6) is 0.270. The van der Waals surface area contributed by atoms with Crippen molar-refractivity contribution in [3.05, 3.63) is 51.7 Å². The summed E-state index contributed by atoms with van der Waals surface area (Å²) in [5, 5.41) is 0. The van der Waals surface area contributed by atoms with Gasteiger partial charge in [-0.25, -0.2) is 0 Å². The minimum Gasteiger partial charge on any atom is -0.335 e. The molecule has 2 aliphatic rings. The molecule has 1 fully saturated rings. The zero-order valence-electron chi connectivity index (χ0n) is 15.0. The third kappa shape index (κ3) is 3.39. The van der Waals surface area contributed by atoms with E-state index < -0.39 is 0 Å². The highest BCUT2D eigenvalue weighted by molar-refractivity contribution is 7.13. The monoisotopic (exact) mass is 369 g/mol. The second-order valence-corrected chi connectivity index (χ2v) is 8.19. The molecule has 0 atom stereocenters. The van der Waals surface area contributed by atoms with Crippen molar-refractivity contribution >= 4 is 28.8 Å². The van der Waals surface area contributed by atoms with E-state index in [0.29, 0.717) is 19.6 Å². The standard InChI is InChI=1S/C20H23N3O2S/c1-15-6-7-18(26-15)20(25)22-12-10-21(11-13-22)14-19(24)23-9-8-16-4-2-3-5-17(16)23/h2-7H,8-14H2,1H3. The van der Waals surface area contributed by atoms with Gasteiger partial charge >= 0.3 is 0 Å². The van der Waals surface area contributed by atoms with Gasteiger partial charge in [0.25, 0.3) is 5.91 Å². The van der Waals surface area contributed by atoms with Gasteiger partial charge in [0.15, 0.2) is 0 Å². The van der Waals surface area contributed by atoms with Gasteiger partial charge in [0.05, 0.1) is 11.4 Å². The first-order valence-electron chi connectivity index (χ1n) is 9.08. The van der Waals surface area contributed by atoms with E-state index in [1.807, 2.05) is 47.1 Å². The number of hydrogen-bond acceptors (Lipinski definition) is 4. The summed E-state index contributed by atoms with van der Waals surface area (Å²) in [6.07, 6.45) is 0.935. The molecule has 2 aliphatic heterocycles. The van der Waals surface area contributed by atoms with Crippen molar-refractivity contribution in [2.75, 3.05) is 44.2 Å². The van der Waals surface area contributed by atoms with Crippen molar-refractivity contribution in [1.82, 2.24) is 9.80 Å². The second kappa shape index (κ2) is 7.21. The topological polar surface area (TPSA) is 43.9 Å². The average Bonchev–Trinajstić information content (AvgIpc) is 3.28. The zero-order valence-corrected chi connectivity index (χ0v) is 15.8. The van der Waals surface area contributed by atoms with E-state index in [9.17, 15) is 9.59 Å². The highest BCUT2D eigenvalue weighted by Crippen LogP contribution is 2.27. The van der Waals surface area contributed by atoms with Crippen LogP contribution in [0.3, 0.4) is 0 Å². The number of hydrogen-bond donors (Lipinski definition) is 0. The van der Waals surface area contributed by atoms with E-state index in [1.54, 1.807) is 11.3 Å². The Bertz CT molecular complexity index is 824. The Morgan fingerprint density at radius 2 is 1.77 bits per heavy atom. The molecule has 136 valence electrons. The number of anilines is 1. The third-order valence-electron chi connectivity index (χ3n) is 5.16. The van der Waals surface area contributed by atoms with E-state index >= 15 is 0 Å². The maximum absolute atomic E-state index is 12.7. The third-order valence-corrected chi connectivity index (χ3v) is 6.15. The van der Waals surface area contributed by atoms with Crippen molar-refractivity contribution in [1.29, 1.82) is 0 Å². The van der Waals surface area contributed by atoms with Crippen LogP contribution in [0.15, 0.2) is 36.4 Å². The van der Waals surface area contributed by atoms with Gasteiger partial charge in [-0.2, -0.15) is 0 Å². The summed E-state index contributed by atoms with van der Waals surface area (Å²) in [4.78, 5) is 33.2. The van der Waals surface area contributed by atoms with Crippen LogP contribution in [0.5, 0.6) is 0 Å². The van der Waals surface area contributed by atoms with Gasteiger partial charge in [-0.05, 0) is 37.1 Å². The minimum absolute atomic E-state index is 0.113. The van der Waals surface area contributed by atoms with Gasteiger partial charge in [0.2, 0.25) is 5.91 Å². The van der Waals surface area contributed by atoms with Crippen LogP contribution in [-0.2, 0) is 11.2 Å². The molecular formula is C20H23N3O2S. The number of benzene rings is 1. The molecule has 2 aromatic rings. The molecule has 0 saturated carbocycles. The first-order valence-corrected chi connectivity index (χ1v) is 9.90. The van der Waals surface area contributed by atoms with Gasteiger partial charge in [-0.3, -0.25) is 14.5 Å². The van der Waals surface area contributed by atoms with Gasteiger partial charge in [0.1, 0.15) is 0 Å². The Labute approximate surface area is 157 Å². The van der Waals surface area contributed by atoms with Gasteiger partial charge in [-0.15, -0.1) is 11.3 Å².